The Morgan fingerprint density at radius 2 is 1.77 bits per heavy atom. The molecule has 138 valence electrons. The Bertz CT molecular complexity index is 754. The maximum absolute atomic E-state index is 12.5. The van der Waals surface area contributed by atoms with Gasteiger partial charge in [-0.15, -0.1) is 0 Å². The molecule has 2 amide bonds. The van der Waals surface area contributed by atoms with Gasteiger partial charge in [-0.25, -0.2) is 0 Å². The van der Waals surface area contributed by atoms with E-state index in [0.29, 0.717) is 17.8 Å². The fraction of sp³-hybridized carbons (Fsp3) is 0.333. The summed E-state index contributed by atoms with van der Waals surface area (Å²) in [4.78, 5) is 25.8. The van der Waals surface area contributed by atoms with Crippen molar-refractivity contribution in [1.29, 1.82) is 0 Å². The molecule has 5 nitrogen and oxygen atoms in total. The molecule has 0 aliphatic carbocycles. The van der Waals surface area contributed by atoms with E-state index >= 15 is 0 Å². The first kappa shape index (κ1) is 19.7. The van der Waals surface area contributed by atoms with Gasteiger partial charge in [0.05, 0.1) is 6.04 Å². The molecular formula is C21H27N3O2. The van der Waals surface area contributed by atoms with Crippen LogP contribution in [0, 0.1) is 0 Å². The minimum absolute atomic E-state index is 0.0865. The van der Waals surface area contributed by atoms with Crippen molar-refractivity contribution in [1.82, 2.24) is 10.2 Å². The second kappa shape index (κ2) is 9.15. The molecular weight excluding hydrogens is 326 g/mol. The highest BCUT2D eigenvalue weighted by Crippen LogP contribution is 2.19. The molecule has 0 heterocycles. The molecule has 2 rings (SSSR count). The molecule has 0 aromatic heterocycles. The van der Waals surface area contributed by atoms with Crippen LogP contribution >= 0.6 is 0 Å². The number of hydrogen-bond donors (Lipinski definition) is 2. The van der Waals surface area contributed by atoms with Crippen LogP contribution in [0.3, 0.4) is 0 Å². The summed E-state index contributed by atoms with van der Waals surface area (Å²) < 4.78 is 0. The fourth-order valence-electron chi connectivity index (χ4n) is 2.81. The molecule has 0 spiro atoms. The first-order valence-corrected chi connectivity index (χ1v) is 8.81. The van der Waals surface area contributed by atoms with Crippen LogP contribution in [0.15, 0.2) is 48.5 Å². The Hall–Kier alpha value is -2.66. The van der Waals surface area contributed by atoms with Crippen LogP contribution in [-0.4, -0.2) is 37.4 Å². The van der Waals surface area contributed by atoms with Crippen LogP contribution in [0.5, 0.6) is 0 Å². The zero-order valence-electron chi connectivity index (χ0n) is 15.9. The lowest BCUT2D eigenvalue weighted by atomic mass is 10.0. The van der Waals surface area contributed by atoms with Gasteiger partial charge in [0.15, 0.2) is 0 Å². The number of likely N-dealkylation sites (N-methyl/N-ethyl adjacent to an activating group) is 1. The fourth-order valence-corrected chi connectivity index (χ4v) is 2.81. The molecule has 2 aromatic rings. The Labute approximate surface area is 155 Å². The van der Waals surface area contributed by atoms with Gasteiger partial charge in [-0.05, 0) is 49.8 Å². The number of aryl methyl sites for hydroxylation is 1. The van der Waals surface area contributed by atoms with E-state index < -0.39 is 0 Å². The van der Waals surface area contributed by atoms with Gasteiger partial charge in [0.25, 0.3) is 5.91 Å². The van der Waals surface area contributed by atoms with Crippen LogP contribution in [0.2, 0.25) is 0 Å². The predicted octanol–water partition coefficient (Wildman–Crippen LogP) is 3.24. The van der Waals surface area contributed by atoms with E-state index in [9.17, 15) is 9.59 Å². The van der Waals surface area contributed by atoms with E-state index in [2.05, 4.69) is 46.7 Å². The van der Waals surface area contributed by atoms with Crippen molar-refractivity contribution in [2.75, 3.05) is 26.0 Å². The van der Waals surface area contributed by atoms with E-state index in [1.54, 1.807) is 24.3 Å². The first-order chi connectivity index (χ1) is 12.4. The first-order valence-electron chi connectivity index (χ1n) is 8.81. The lowest BCUT2D eigenvalue weighted by Gasteiger charge is -2.25. The molecule has 0 saturated heterocycles. The van der Waals surface area contributed by atoms with Crippen molar-refractivity contribution < 1.29 is 9.59 Å². The Balaban J connectivity index is 2.06. The zero-order chi connectivity index (χ0) is 19.1. The highest BCUT2D eigenvalue weighted by Gasteiger charge is 2.16. The molecule has 0 fully saturated rings. The Morgan fingerprint density at radius 1 is 1.08 bits per heavy atom. The normalized spacial score (nSPS) is 11.9. The van der Waals surface area contributed by atoms with Crippen LogP contribution in [-0.2, 0) is 11.2 Å². The van der Waals surface area contributed by atoms with Gasteiger partial charge in [0.1, 0.15) is 0 Å². The zero-order valence-corrected chi connectivity index (χ0v) is 15.9. The van der Waals surface area contributed by atoms with Gasteiger partial charge < -0.3 is 15.5 Å². The number of rotatable bonds is 7. The largest absolute Gasteiger partial charge is 0.350 e. The Kier molecular flexibility index (Phi) is 6.92. The SMILES string of the molecule is CCc1ccc(C(CNC(=O)c2cccc(NC(C)=O)c2)N(C)C)cc1. The van der Waals surface area contributed by atoms with Crippen LogP contribution in [0.4, 0.5) is 5.69 Å². The third-order valence-electron chi connectivity index (χ3n) is 4.30. The van der Waals surface area contributed by atoms with Gasteiger partial charge >= 0.3 is 0 Å². The van der Waals surface area contributed by atoms with Crippen molar-refractivity contribution in [2.45, 2.75) is 26.3 Å². The summed E-state index contributed by atoms with van der Waals surface area (Å²) in [5, 5.41) is 5.69. The van der Waals surface area contributed by atoms with E-state index in [-0.39, 0.29) is 17.9 Å². The van der Waals surface area contributed by atoms with Crippen molar-refractivity contribution in [2.24, 2.45) is 0 Å². The molecule has 1 atom stereocenters. The number of anilines is 1. The summed E-state index contributed by atoms with van der Waals surface area (Å²) in [7, 11) is 4.00. The third kappa shape index (κ3) is 5.43. The molecule has 0 saturated carbocycles. The monoisotopic (exact) mass is 353 g/mol. The molecule has 5 heteroatoms. The standard InChI is InChI=1S/C21H27N3O2/c1-5-16-9-11-17(12-10-16)20(24(3)4)14-22-21(26)18-7-6-8-19(13-18)23-15(2)25/h6-13,20H,5,14H2,1-4H3,(H,22,26)(H,23,25). The van der Waals surface area contributed by atoms with Gasteiger partial charge in [0.2, 0.25) is 5.91 Å². The molecule has 1 unspecified atom stereocenters. The van der Waals surface area contributed by atoms with E-state index in [4.69, 9.17) is 0 Å². The number of carbonyl (C=O) groups excluding carboxylic acids is 2. The van der Waals surface area contributed by atoms with Crippen LogP contribution in [0.25, 0.3) is 0 Å². The second-order valence-electron chi connectivity index (χ2n) is 6.55. The van der Waals surface area contributed by atoms with Crippen LogP contribution in [0.1, 0.15) is 41.4 Å². The number of benzene rings is 2. The van der Waals surface area contributed by atoms with E-state index in [1.807, 2.05) is 14.1 Å². The van der Waals surface area contributed by atoms with E-state index in [1.165, 1.54) is 18.1 Å². The summed E-state index contributed by atoms with van der Waals surface area (Å²) in [5.74, 6) is -0.319. The summed E-state index contributed by atoms with van der Waals surface area (Å²) in [6.07, 6.45) is 1.01. The maximum Gasteiger partial charge on any atom is 0.251 e. The lowest BCUT2D eigenvalue weighted by Crippen LogP contribution is -2.34. The molecule has 0 bridgehead atoms. The second-order valence-corrected chi connectivity index (χ2v) is 6.55. The van der Waals surface area contributed by atoms with Gasteiger partial charge in [-0.3, -0.25) is 9.59 Å². The van der Waals surface area contributed by atoms with E-state index in [0.717, 1.165) is 6.42 Å². The van der Waals surface area contributed by atoms with Crippen LogP contribution < -0.4 is 10.6 Å². The predicted molar refractivity (Wildman–Crippen MR) is 105 cm³/mol. The van der Waals surface area contributed by atoms with Gasteiger partial charge in [0, 0.05) is 24.7 Å². The highest BCUT2D eigenvalue weighted by molar-refractivity contribution is 5.96. The minimum atomic E-state index is -0.161. The summed E-state index contributed by atoms with van der Waals surface area (Å²) in [5.41, 5.74) is 3.60. The summed E-state index contributed by atoms with van der Waals surface area (Å²) in [6.45, 7) is 4.08. The van der Waals surface area contributed by atoms with Gasteiger partial charge in [-0.1, -0.05) is 37.3 Å². The van der Waals surface area contributed by atoms with Crippen molar-refractivity contribution in [3.63, 3.8) is 0 Å². The quantitative estimate of drug-likeness (QED) is 0.803. The summed E-state index contributed by atoms with van der Waals surface area (Å²) in [6, 6.07) is 15.5. The molecule has 0 aliphatic rings. The number of carbonyl (C=O) groups is 2. The third-order valence-corrected chi connectivity index (χ3v) is 4.30. The number of nitrogens with one attached hydrogen (secondary N) is 2. The summed E-state index contributed by atoms with van der Waals surface area (Å²) >= 11 is 0. The maximum atomic E-state index is 12.5. The minimum Gasteiger partial charge on any atom is -0.350 e. The number of nitrogens with zero attached hydrogens (tertiary/aromatic N) is 1. The lowest BCUT2D eigenvalue weighted by molar-refractivity contribution is -0.114. The highest BCUT2D eigenvalue weighted by atomic mass is 16.2. The Morgan fingerprint density at radius 3 is 2.35 bits per heavy atom. The average Bonchev–Trinajstić information content (AvgIpc) is 2.61. The topological polar surface area (TPSA) is 61.4 Å². The number of amides is 2. The number of hydrogen-bond acceptors (Lipinski definition) is 3. The van der Waals surface area contributed by atoms with Crippen molar-refractivity contribution in [3.8, 4) is 0 Å². The van der Waals surface area contributed by atoms with Crippen molar-refractivity contribution in [3.05, 3.63) is 65.2 Å². The molecule has 2 N–H and O–H groups in total. The average molecular weight is 353 g/mol. The molecule has 2 aromatic carbocycles. The van der Waals surface area contributed by atoms with Gasteiger partial charge in [-0.2, -0.15) is 0 Å². The molecule has 26 heavy (non-hydrogen) atoms. The smallest absolute Gasteiger partial charge is 0.251 e. The molecule has 0 radical (unpaired) electrons. The van der Waals surface area contributed by atoms with Crippen molar-refractivity contribution >= 4 is 17.5 Å². The molecule has 0 aliphatic heterocycles.